The van der Waals surface area contributed by atoms with Crippen LogP contribution in [0.1, 0.15) is 32.3 Å². The van der Waals surface area contributed by atoms with E-state index in [9.17, 15) is 15.2 Å². The zero-order valence-corrected chi connectivity index (χ0v) is 19.2. The van der Waals surface area contributed by atoms with E-state index in [1.54, 1.807) is 6.07 Å². The third-order valence-electron chi connectivity index (χ3n) is 6.27. The predicted octanol–water partition coefficient (Wildman–Crippen LogP) is 4.14. The van der Waals surface area contributed by atoms with E-state index in [4.69, 9.17) is 4.74 Å². The highest BCUT2D eigenvalue weighted by atomic mass is 16.6. The number of aliphatic hydroxyl groups is 1. The second-order valence-electron chi connectivity index (χ2n) is 8.48. The summed E-state index contributed by atoms with van der Waals surface area (Å²) in [7, 11) is 0. The number of piperidine rings is 1. The summed E-state index contributed by atoms with van der Waals surface area (Å²) in [5.41, 5.74) is 2.23. The van der Waals surface area contributed by atoms with Crippen LogP contribution in [0.25, 0.3) is 0 Å². The number of aliphatic hydroxyl groups excluding tert-OH is 1. The summed E-state index contributed by atoms with van der Waals surface area (Å²) in [5, 5.41) is 21.7. The van der Waals surface area contributed by atoms with Crippen molar-refractivity contribution in [2.45, 2.75) is 39.2 Å². The van der Waals surface area contributed by atoms with Crippen LogP contribution in [0.2, 0.25) is 0 Å². The summed E-state index contributed by atoms with van der Waals surface area (Å²) < 4.78 is 5.93. The lowest BCUT2D eigenvalue weighted by atomic mass is 9.90. The molecule has 1 saturated heterocycles. The van der Waals surface area contributed by atoms with Crippen molar-refractivity contribution < 1.29 is 14.8 Å². The number of likely N-dealkylation sites (N-methyl/N-ethyl adjacent to an activating group) is 1. The highest BCUT2D eigenvalue weighted by Crippen LogP contribution is 2.35. The molecule has 2 aromatic carbocycles. The lowest BCUT2D eigenvalue weighted by molar-refractivity contribution is -0.384. The first-order valence-corrected chi connectivity index (χ1v) is 11.6. The van der Waals surface area contributed by atoms with Crippen LogP contribution >= 0.6 is 0 Å². The van der Waals surface area contributed by atoms with Crippen LogP contribution in [-0.4, -0.2) is 60.4 Å². The van der Waals surface area contributed by atoms with Gasteiger partial charge in [-0.1, -0.05) is 44.2 Å². The zero-order valence-electron chi connectivity index (χ0n) is 19.2. The number of nitrogens with zero attached hydrogens (tertiary/aromatic N) is 3. The van der Waals surface area contributed by atoms with Gasteiger partial charge >= 0.3 is 0 Å². The molecule has 1 unspecified atom stereocenters. The molecule has 1 aliphatic rings. The molecule has 3 rings (SSSR count). The lowest BCUT2D eigenvalue weighted by Gasteiger charge is -2.34. The topological polar surface area (TPSA) is 79.1 Å². The number of nitro benzene ring substituents is 1. The number of ether oxygens (including phenoxy) is 1. The van der Waals surface area contributed by atoms with Gasteiger partial charge in [0.25, 0.3) is 5.69 Å². The van der Waals surface area contributed by atoms with Gasteiger partial charge in [0.2, 0.25) is 0 Å². The van der Waals surface area contributed by atoms with E-state index < -0.39 is 11.0 Å². The van der Waals surface area contributed by atoms with E-state index >= 15 is 0 Å². The van der Waals surface area contributed by atoms with Crippen molar-refractivity contribution in [3.05, 3.63) is 64.2 Å². The Kier molecular flexibility index (Phi) is 8.88. The Bertz CT molecular complexity index is 850. The Morgan fingerprint density at radius 3 is 2.47 bits per heavy atom. The van der Waals surface area contributed by atoms with E-state index in [1.165, 1.54) is 17.7 Å². The molecule has 0 bridgehead atoms. The second kappa shape index (κ2) is 11.8. The number of nitro groups is 1. The van der Waals surface area contributed by atoms with Crippen LogP contribution in [-0.2, 0) is 6.42 Å². The van der Waals surface area contributed by atoms with Crippen molar-refractivity contribution in [2.75, 3.05) is 44.2 Å². The van der Waals surface area contributed by atoms with Crippen LogP contribution in [0.15, 0.2) is 48.5 Å². The van der Waals surface area contributed by atoms with Crippen LogP contribution < -0.4 is 9.64 Å². The van der Waals surface area contributed by atoms with Crippen molar-refractivity contribution in [2.24, 2.45) is 5.92 Å². The normalized spacial score (nSPS) is 15.7. The van der Waals surface area contributed by atoms with E-state index in [0.717, 1.165) is 51.1 Å². The molecule has 0 aromatic heterocycles. The average Bonchev–Trinajstić information content (AvgIpc) is 2.82. The van der Waals surface area contributed by atoms with Crippen LogP contribution in [0, 0.1) is 16.0 Å². The van der Waals surface area contributed by atoms with Gasteiger partial charge in [-0.3, -0.25) is 10.1 Å². The minimum atomic E-state index is -0.654. The summed E-state index contributed by atoms with van der Waals surface area (Å²) in [4.78, 5) is 15.3. The van der Waals surface area contributed by atoms with Crippen molar-refractivity contribution >= 4 is 11.4 Å². The van der Waals surface area contributed by atoms with Gasteiger partial charge in [-0.15, -0.1) is 0 Å². The second-order valence-corrected chi connectivity index (χ2v) is 8.48. The molecular weight excluding hydrogens is 406 g/mol. The minimum Gasteiger partial charge on any atom is -0.488 e. The molecule has 174 valence electrons. The first-order chi connectivity index (χ1) is 15.5. The molecule has 1 fully saturated rings. The first-order valence-electron chi connectivity index (χ1n) is 11.6. The van der Waals surface area contributed by atoms with E-state index in [2.05, 4.69) is 47.9 Å². The molecular formula is C25H35N3O4. The number of hydrogen-bond acceptors (Lipinski definition) is 6. The summed E-state index contributed by atoms with van der Waals surface area (Å²) in [6, 6.07) is 15.4. The molecule has 0 aliphatic carbocycles. The van der Waals surface area contributed by atoms with Gasteiger partial charge in [0, 0.05) is 25.7 Å². The number of non-ortho nitro benzene ring substituents is 1. The van der Waals surface area contributed by atoms with Crippen molar-refractivity contribution in [3.8, 4) is 5.75 Å². The van der Waals surface area contributed by atoms with Crippen molar-refractivity contribution in [1.29, 1.82) is 0 Å². The van der Waals surface area contributed by atoms with E-state index in [0.29, 0.717) is 18.2 Å². The number of anilines is 1. The number of hydrogen-bond donors (Lipinski definition) is 1. The quantitative estimate of drug-likeness (QED) is 0.417. The van der Waals surface area contributed by atoms with Gasteiger partial charge in [-0.25, -0.2) is 0 Å². The van der Waals surface area contributed by atoms with Crippen LogP contribution in [0.3, 0.4) is 0 Å². The maximum Gasteiger partial charge on any atom is 0.273 e. The molecule has 2 aromatic rings. The smallest absolute Gasteiger partial charge is 0.273 e. The Labute approximate surface area is 190 Å². The first kappa shape index (κ1) is 24.0. The zero-order chi connectivity index (χ0) is 22.9. The van der Waals surface area contributed by atoms with Gasteiger partial charge in [-0.2, -0.15) is 0 Å². The third-order valence-corrected chi connectivity index (χ3v) is 6.27. The predicted molar refractivity (Wildman–Crippen MR) is 127 cm³/mol. The molecule has 0 saturated carbocycles. The summed E-state index contributed by atoms with van der Waals surface area (Å²) in [5.74, 6) is 1.10. The highest BCUT2D eigenvalue weighted by molar-refractivity contribution is 5.62. The monoisotopic (exact) mass is 441 g/mol. The van der Waals surface area contributed by atoms with E-state index in [1.807, 2.05) is 6.07 Å². The van der Waals surface area contributed by atoms with Crippen LogP contribution in [0.5, 0.6) is 5.75 Å². The number of benzene rings is 2. The third kappa shape index (κ3) is 6.68. The fraction of sp³-hybridized carbons (Fsp3) is 0.520. The lowest BCUT2D eigenvalue weighted by Crippen LogP contribution is -2.36. The van der Waals surface area contributed by atoms with Crippen molar-refractivity contribution in [1.82, 2.24) is 4.90 Å². The Balaban J connectivity index is 1.64. The van der Waals surface area contributed by atoms with Gasteiger partial charge in [0.1, 0.15) is 18.5 Å². The molecule has 1 atom stereocenters. The summed E-state index contributed by atoms with van der Waals surface area (Å²) in [6.45, 7) is 8.20. The van der Waals surface area contributed by atoms with Gasteiger partial charge < -0.3 is 19.6 Å². The largest absolute Gasteiger partial charge is 0.488 e. The number of rotatable bonds is 11. The molecule has 7 nitrogen and oxygen atoms in total. The van der Waals surface area contributed by atoms with Gasteiger partial charge in [0.15, 0.2) is 0 Å². The maximum atomic E-state index is 11.3. The molecule has 1 aliphatic heterocycles. The minimum absolute atomic E-state index is 0.000876. The fourth-order valence-electron chi connectivity index (χ4n) is 4.34. The summed E-state index contributed by atoms with van der Waals surface area (Å²) >= 11 is 0. The molecule has 32 heavy (non-hydrogen) atoms. The average molecular weight is 442 g/mol. The van der Waals surface area contributed by atoms with Gasteiger partial charge in [-0.05, 0) is 49.9 Å². The highest BCUT2D eigenvalue weighted by Gasteiger charge is 2.24. The molecule has 1 heterocycles. The van der Waals surface area contributed by atoms with Gasteiger partial charge in [0.05, 0.1) is 16.7 Å². The molecule has 0 radical (unpaired) electrons. The molecule has 0 spiro atoms. The molecule has 7 heteroatoms. The standard InChI is InChI=1S/C25H35N3O4/c1-3-26(4-2)18-23(29)19-32-25-17-22(28(30)31)10-11-24(25)27-14-12-21(13-15-27)16-20-8-6-5-7-9-20/h5-11,17,21,23,29H,3-4,12-16,18-19H2,1-2H3. The molecule has 0 amide bonds. The Hall–Kier alpha value is -2.64. The Morgan fingerprint density at radius 1 is 1.16 bits per heavy atom. The SMILES string of the molecule is CCN(CC)CC(O)COc1cc([N+](=O)[O-])ccc1N1CCC(Cc2ccccc2)CC1. The van der Waals surface area contributed by atoms with E-state index in [-0.39, 0.29) is 12.3 Å². The Morgan fingerprint density at radius 2 is 1.84 bits per heavy atom. The fourth-order valence-corrected chi connectivity index (χ4v) is 4.34. The summed E-state index contributed by atoms with van der Waals surface area (Å²) in [6.07, 6.45) is 2.56. The van der Waals surface area contributed by atoms with Crippen molar-refractivity contribution in [3.63, 3.8) is 0 Å². The van der Waals surface area contributed by atoms with Crippen LogP contribution in [0.4, 0.5) is 11.4 Å². The molecule has 1 N–H and O–H groups in total. The maximum absolute atomic E-state index is 11.3.